The third-order valence-corrected chi connectivity index (χ3v) is 10.2. The molecule has 16 heteroatoms. The molecule has 0 amide bonds. The van der Waals surface area contributed by atoms with E-state index in [2.05, 4.69) is 29.0 Å². The Bertz CT molecular complexity index is 1230. The molecule has 0 aromatic carbocycles. The molecule has 0 aromatic heterocycles. The summed E-state index contributed by atoms with van der Waals surface area (Å²) < 4.78 is 47.6. The van der Waals surface area contributed by atoms with E-state index in [1.54, 1.807) is 6.08 Å². The number of aliphatic hydroxyl groups excluding tert-OH is 2. The third kappa shape index (κ3) is 40.8. The molecule has 1 unspecified atom stereocenters. The summed E-state index contributed by atoms with van der Waals surface area (Å²) in [6.07, 6.45) is 34.2. The van der Waals surface area contributed by atoms with Crippen molar-refractivity contribution in [2.45, 2.75) is 180 Å². The number of carbonyl (C=O) groups is 2. The fourth-order valence-corrected chi connectivity index (χ4v) is 6.63. The second-order valence-electron chi connectivity index (χ2n) is 14.5. The Kier molecular flexibility index (Phi) is 36.7. The molecule has 58 heavy (non-hydrogen) atoms. The Hall–Kier alpha value is -1.96. The molecule has 0 radical (unpaired) electrons. The number of rotatable bonds is 40. The lowest BCUT2D eigenvalue weighted by atomic mass is 10.0. The van der Waals surface area contributed by atoms with Crippen LogP contribution in [0.4, 0.5) is 0 Å². The zero-order valence-electron chi connectivity index (χ0n) is 35.2. The van der Waals surface area contributed by atoms with Crippen molar-refractivity contribution in [2.75, 3.05) is 26.4 Å². The largest absolute Gasteiger partial charge is 0.472 e. The lowest BCUT2D eigenvalue weighted by molar-refractivity contribution is -0.161. The van der Waals surface area contributed by atoms with Crippen LogP contribution in [-0.2, 0) is 41.8 Å². The van der Waals surface area contributed by atoms with Gasteiger partial charge in [0, 0.05) is 12.8 Å². The molecule has 4 atom stereocenters. The molecule has 0 saturated carbocycles. The van der Waals surface area contributed by atoms with Crippen molar-refractivity contribution in [3.8, 4) is 0 Å². The first-order valence-corrected chi connectivity index (χ1v) is 24.5. The summed E-state index contributed by atoms with van der Waals surface area (Å²) in [5.74, 6) is -1.14. The van der Waals surface area contributed by atoms with Crippen LogP contribution in [0.1, 0.15) is 162 Å². The Morgan fingerprint density at radius 2 is 1.10 bits per heavy atom. The summed E-state index contributed by atoms with van der Waals surface area (Å²) in [6.45, 7) is 1.57. The predicted molar refractivity (Wildman–Crippen MR) is 227 cm³/mol. The van der Waals surface area contributed by atoms with Gasteiger partial charge in [-0.3, -0.25) is 23.2 Å². The highest BCUT2D eigenvalue weighted by atomic mass is 31.2. The van der Waals surface area contributed by atoms with Crippen molar-refractivity contribution >= 4 is 27.6 Å². The Morgan fingerprint density at radius 3 is 1.74 bits per heavy atom. The van der Waals surface area contributed by atoms with Gasteiger partial charge in [-0.1, -0.05) is 152 Å². The van der Waals surface area contributed by atoms with E-state index in [9.17, 15) is 33.8 Å². The van der Waals surface area contributed by atoms with E-state index in [1.165, 1.54) is 77.0 Å². The number of aliphatic hydroxyl groups is 2. The molecule has 0 rings (SSSR count). The first-order valence-electron chi connectivity index (χ1n) is 21.4. The molecule has 338 valence electrons. The van der Waals surface area contributed by atoms with Crippen LogP contribution >= 0.6 is 15.6 Å². The third-order valence-electron chi connectivity index (χ3n) is 8.79. The lowest BCUT2D eigenvalue weighted by Gasteiger charge is -2.20. The summed E-state index contributed by atoms with van der Waals surface area (Å²) in [6, 6.07) is 0. The first kappa shape index (κ1) is 56.0. The van der Waals surface area contributed by atoms with Crippen molar-refractivity contribution in [1.82, 2.24) is 0 Å². The van der Waals surface area contributed by atoms with Crippen LogP contribution in [0.2, 0.25) is 0 Å². The summed E-state index contributed by atoms with van der Waals surface area (Å²) in [4.78, 5) is 52.6. The number of carbonyl (C=O) groups excluding carboxylic acids is 2. The van der Waals surface area contributed by atoms with Crippen molar-refractivity contribution in [1.29, 1.82) is 0 Å². The van der Waals surface area contributed by atoms with Crippen molar-refractivity contribution in [3.63, 3.8) is 0 Å². The summed E-state index contributed by atoms with van der Waals surface area (Å²) in [7, 11) is -9.71. The van der Waals surface area contributed by atoms with Gasteiger partial charge in [0.1, 0.15) is 12.7 Å². The van der Waals surface area contributed by atoms with Gasteiger partial charge < -0.3 is 34.4 Å². The van der Waals surface area contributed by atoms with E-state index in [1.807, 2.05) is 36.5 Å². The Morgan fingerprint density at radius 1 is 0.569 bits per heavy atom. The summed E-state index contributed by atoms with van der Waals surface area (Å²) >= 11 is 0. The molecule has 14 nitrogen and oxygen atoms in total. The van der Waals surface area contributed by atoms with Crippen LogP contribution < -0.4 is 0 Å². The van der Waals surface area contributed by atoms with Gasteiger partial charge in [-0.15, -0.1) is 0 Å². The van der Waals surface area contributed by atoms with Crippen molar-refractivity contribution < 1.29 is 66.7 Å². The fraction of sp³-hybridized carbons (Fsp3) is 0.762. The maximum atomic E-state index is 12.6. The molecular formula is C42H76O14P2. The predicted octanol–water partition coefficient (Wildman–Crippen LogP) is 9.64. The van der Waals surface area contributed by atoms with E-state index in [4.69, 9.17) is 23.8 Å². The van der Waals surface area contributed by atoms with Gasteiger partial charge in [0.05, 0.1) is 25.9 Å². The summed E-state index contributed by atoms with van der Waals surface area (Å²) in [5.41, 5.74) is 0. The topological polar surface area (TPSA) is 216 Å². The molecule has 0 fully saturated rings. The normalized spacial score (nSPS) is 15.1. The smallest absolute Gasteiger partial charge is 0.462 e. The minimum atomic E-state index is -4.88. The zero-order valence-corrected chi connectivity index (χ0v) is 37.0. The van der Waals surface area contributed by atoms with Crippen LogP contribution in [0.15, 0.2) is 48.6 Å². The van der Waals surface area contributed by atoms with Gasteiger partial charge in [0.15, 0.2) is 6.10 Å². The van der Waals surface area contributed by atoms with Gasteiger partial charge in [0.25, 0.3) is 0 Å². The highest BCUT2D eigenvalue weighted by Gasteiger charge is 2.28. The monoisotopic (exact) mass is 866 g/mol. The average molecular weight is 867 g/mol. The first-order chi connectivity index (χ1) is 27.8. The maximum absolute atomic E-state index is 12.6. The molecule has 0 aliphatic heterocycles. The number of hydrogen-bond acceptors (Lipinski definition) is 11. The quantitative estimate of drug-likeness (QED) is 0.0127. The summed E-state index contributed by atoms with van der Waals surface area (Å²) in [5, 5.41) is 19.8. The SMILES string of the molecule is CCCCC/C=C\C=C/[C@H](O)C/C=C\C/C=C/CCCC(=O)O[C@H](COC(=O)CCCCCCCCCCCCCCC)COP(=O)(O)OC[C@@H](O)COP(=O)(O)O. The highest BCUT2D eigenvalue weighted by Crippen LogP contribution is 2.43. The zero-order chi connectivity index (χ0) is 43.2. The molecule has 0 spiro atoms. The van der Waals surface area contributed by atoms with Crippen LogP contribution in [0.3, 0.4) is 0 Å². The fourth-order valence-electron chi connectivity index (χ4n) is 5.48. The van der Waals surface area contributed by atoms with E-state index in [-0.39, 0.29) is 12.8 Å². The van der Waals surface area contributed by atoms with E-state index in [0.717, 1.165) is 25.7 Å². The van der Waals surface area contributed by atoms with Gasteiger partial charge in [0.2, 0.25) is 0 Å². The molecule has 0 aliphatic carbocycles. The van der Waals surface area contributed by atoms with E-state index >= 15 is 0 Å². The minimum Gasteiger partial charge on any atom is -0.462 e. The van der Waals surface area contributed by atoms with Crippen molar-refractivity contribution in [3.05, 3.63) is 48.6 Å². The van der Waals surface area contributed by atoms with E-state index in [0.29, 0.717) is 32.1 Å². The molecule has 0 aromatic rings. The standard InChI is InChI=1S/C42H76O14P2/c1-3-5-7-9-11-12-13-14-15-16-20-24-28-32-41(45)52-36-40(37-55-58(50,51)54-35-39(44)34-53-57(47,48)49)56-42(46)33-29-25-21-17-19-23-27-31-38(43)30-26-22-18-10-8-6-4-2/h17-18,21-23,26-27,30,38-40,43-44H,3-16,19-20,24-25,28-29,31-37H2,1-2H3,(H,50,51)(H2,47,48,49)/b21-17+,22-18-,27-23-,30-26-/t38-,39-,40+/m0/s1. The Balaban J connectivity index is 4.69. The van der Waals surface area contributed by atoms with Crippen LogP contribution in [-0.4, -0.2) is 81.6 Å². The minimum absolute atomic E-state index is 0.0220. The van der Waals surface area contributed by atoms with Gasteiger partial charge in [-0.2, -0.15) is 0 Å². The molecular weight excluding hydrogens is 790 g/mol. The van der Waals surface area contributed by atoms with E-state index < -0.39 is 72.3 Å². The Labute approximate surface area is 348 Å². The van der Waals surface area contributed by atoms with Gasteiger partial charge in [-0.05, 0) is 44.9 Å². The number of allylic oxidation sites excluding steroid dienone is 6. The maximum Gasteiger partial charge on any atom is 0.472 e. The number of phosphoric acid groups is 2. The lowest BCUT2D eigenvalue weighted by Crippen LogP contribution is -2.29. The number of ether oxygens (including phenoxy) is 2. The average Bonchev–Trinajstić information content (AvgIpc) is 3.17. The second kappa shape index (κ2) is 38.0. The number of hydrogen-bond donors (Lipinski definition) is 5. The van der Waals surface area contributed by atoms with Crippen molar-refractivity contribution in [2.24, 2.45) is 0 Å². The molecule has 0 bridgehead atoms. The number of esters is 2. The second-order valence-corrected chi connectivity index (χ2v) is 17.2. The molecule has 5 N–H and O–H groups in total. The van der Waals surface area contributed by atoms with Crippen LogP contribution in [0.5, 0.6) is 0 Å². The van der Waals surface area contributed by atoms with Crippen LogP contribution in [0, 0.1) is 0 Å². The highest BCUT2D eigenvalue weighted by molar-refractivity contribution is 7.47. The molecule has 0 aliphatic rings. The van der Waals surface area contributed by atoms with Gasteiger partial charge in [-0.25, -0.2) is 9.13 Å². The molecule has 0 saturated heterocycles. The van der Waals surface area contributed by atoms with Gasteiger partial charge >= 0.3 is 27.6 Å². The number of unbranched alkanes of at least 4 members (excludes halogenated alkanes) is 16. The van der Waals surface area contributed by atoms with Crippen LogP contribution in [0.25, 0.3) is 0 Å². The molecule has 0 heterocycles. The number of phosphoric ester groups is 2.